The van der Waals surface area contributed by atoms with E-state index >= 15 is 0 Å². The SMILES string of the molecule is COc1ccc([C@H]2CC(=O)C3=C(C2)Nc2ccccc2N[C@@H]3c2cccc(Br)c2)cc1OC. The number of rotatable bonds is 4. The fraction of sp³-hybridized carbons (Fsp3) is 0.222. The van der Waals surface area contributed by atoms with Crippen LogP contribution in [0.25, 0.3) is 0 Å². The molecule has 0 bridgehead atoms. The van der Waals surface area contributed by atoms with Crippen molar-refractivity contribution in [2.45, 2.75) is 24.8 Å². The minimum absolute atomic E-state index is 0.0528. The van der Waals surface area contributed by atoms with E-state index in [4.69, 9.17) is 9.47 Å². The first-order valence-corrected chi connectivity index (χ1v) is 11.7. The maximum absolute atomic E-state index is 13.7. The maximum atomic E-state index is 13.7. The molecule has 6 heteroatoms. The number of fused-ring (bicyclic) bond motifs is 1. The molecule has 2 N–H and O–H groups in total. The Morgan fingerprint density at radius 3 is 2.39 bits per heavy atom. The third-order valence-corrected chi connectivity index (χ3v) is 6.86. The zero-order valence-electron chi connectivity index (χ0n) is 18.5. The predicted octanol–water partition coefficient (Wildman–Crippen LogP) is 6.45. The molecule has 0 radical (unpaired) electrons. The number of methoxy groups -OCH3 is 2. The smallest absolute Gasteiger partial charge is 0.163 e. The number of hydrogen-bond donors (Lipinski definition) is 2. The number of para-hydroxylation sites is 2. The van der Waals surface area contributed by atoms with E-state index in [1.807, 2.05) is 54.6 Å². The molecule has 1 aliphatic carbocycles. The highest BCUT2D eigenvalue weighted by Crippen LogP contribution is 2.45. The van der Waals surface area contributed by atoms with Gasteiger partial charge in [0.05, 0.1) is 31.6 Å². The molecule has 5 rings (SSSR count). The van der Waals surface area contributed by atoms with Crippen LogP contribution in [-0.4, -0.2) is 20.0 Å². The van der Waals surface area contributed by atoms with Crippen LogP contribution in [0.3, 0.4) is 0 Å². The van der Waals surface area contributed by atoms with Gasteiger partial charge >= 0.3 is 0 Å². The summed E-state index contributed by atoms with van der Waals surface area (Å²) in [5.41, 5.74) is 5.84. The van der Waals surface area contributed by atoms with E-state index in [2.05, 4.69) is 38.7 Å². The van der Waals surface area contributed by atoms with E-state index in [9.17, 15) is 4.79 Å². The number of carbonyl (C=O) groups is 1. The monoisotopic (exact) mass is 504 g/mol. The molecule has 2 aliphatic rings. The number of nitrogens with one attached hydrogen (secondary N) is 2. The molecule has 33 heavy (non-hydrogen) atoms. The number of benzene rings is 3. The molecule has 0 amide bonds. The number of hydrogen-bond acceptors (Lipinski definition) is 5. The summed E-state index contributed by atoms with van der Waals surface area (Å²) in [4.78, 5) is 13.7. The molecule has 0 fully saturated rings. The second-order valence-electron chi connectivity index (χ2n) is 8.34. The Morgan fingerprint density at radius 1 is 0.848 bits per heavy atom. The lowest BCUT2D eigenvalue weighted by Crippen LogP contribution is -2.26. The highest BCUT2D eigenvalue weighted by Gasteiger charge is 2.36. The van der Waals surface area contributed by atoms with Crippen LogP contribution in [0.5, 0.6) is 11.5 Å². The van der Waals surface area contributed by atoms with Crippen LogP contribution in [0.4, 0.5) is 11.4 Å². The van der Waals surface area contributed by atoms with Gasteiger partial charge in [0.2, 0.25) is 0 Å². The van der Waals surface area contributed by atoms with Gasteiger partial charge in [-0.3, -0.25) is 4.79 Å². The number of carbonyl (C=O) groups excluding carboxylic acids is 1. The average molecular weight is 505 g/mol. The molecule has 2 atom stereocenters. The minimum Gasteiger partial charge on any atom is -0.493 e. The summed E-state index contributed by atoms with van der Waals surface area (Å²) in [5.74, 6) is 1.56. The van der Waals surface area contributed by atoms with Crippen LogP contribution in [0.1, 0.15) is 35.9 Å². The van der Waals surface area contributed by atoms with E-state index in [0.717, 1.165) is 44.7 Å². The van der Waals surface area contributed by atoms with E-state index in [0.29, 0.717) is 17.9 Å². The molecular weight excluding hydrogens is 480 g/mol. The number of Topliss-reactive ketones (excluding diaryl/α,β-unsaturated/α-hetero) is 1. The van der Waals surface area contributed by atoms with Crippen molar-refractivity contribution in [3.05, 3.63) is 93.6 Å². The molecule has 3 aromatic rings. The summed E-state index contributed by atoms with van der Waals surface area (Å²) >= 11 is 3.58. The first kappa shape index (κ1) is 21.6. The summed E-state index contributed by atoms with van der Waals surface area (Å²) in [7, 11) is 3.26. The standard InChI is InChI=1S/C27H25BrN2O3/c1-32-24-11-10-16(15-25(24)33-2)18-13-22-26(23(31)14-18)27(17-6-5-7-19(28)12-17)30-21-9-4-3-8-20(21)29-22/h3-12,15,18,27,29-30H,13-14H2,1-2H3/t18-,27-/m1/s1. The molecule has 1 heterocycles. The van der Waals surface area contributed by atoms with Crippen molar-refractivity contribution in [1.29, 1.82) is 0 Å². The normalized spacial score (nSPS) is 19.5. The molecule has 5 nitrogen and oxygen atoms in total. The largest absolute Gasteiger partial charge is 0.493 e. The molecule has 0 unspecified atom stereocenters. The second-order valence-corrected chi connectivity index (χ2v) is 9.25. The Bertz CT molecular complexity index is 1250. The van der Waals surface area contributed by atoms with E-state index in [-0.39, 0.29) is 17.7 Å². The molecule has 0 saturated heterocycles. The lowest BCUT2D eigenvalue weighted by molar-refractivity contribution is -0.116. The Hall–Kier alpha value is -3.25. The van der Waals surface area contributed by atoms with Crippen molar-refractivity contribution in [1.82, 2.24) is 0 Å². The number of allylic oxidation sites excluding steroid dienone is 1. The summed E-state index contributed by atoms with van der Waals surface area (Å²) in [6.45, 7) is 0. The molecule has 0 saturated carbocycles. The van der Waals surface area contributed by atoms with Crippen molar-refractivity contribution in [3.8, 4) is 11.5 Å². The number of ether oxygens (including phenoxy) is 2. The Morgan fingerprint density at radius 2 is 1.64 bits per heavy atom. The van der Waals surface area contributed by atoms with Gasteiger partial charge in [0.1, 0.15) is 0 Å². The van der Waals surface area contributed by atoms with Gasteiger partial charge in [0.25, 0.3) is 0 Å². The first-order chi connectivity index (χ1) is 16.1. The maximum Gasteiger partial charge on any atom is 0.163 e. The Balaban J connectivity index is 1.58. The van der Waals surface area contributed by atoms with Crippen LogP contribution in [0.2, 0.25) is 0 Å². The minimum atomic E-state index is -0.229. The third kappa shape index (κ3) is 4.11. The lowest BCUT2D eigenvalue weighted by Gasteiger charge is -2.30. The molecule has 0 aromatic heterocycles. The predicted molar refractivity (Wildman–Crippen MR) is 134 cm³/mol. The fourth-order valence-electron chi connectivity index (χ4n) is 4.77. The van der Waals surface area contributed by atoms with Gasteiger partial charge in [-0.2, -0.15) is 0 Å². The quantitative estimate of drug-likeness (QED) is 0.427. The van der Waals surface area contributed by atoms with Gasteiger partial charge in [-0.05, 0) is 59.9 Å². The van der Waals surface area contributed by atoms with Gasteiger partial charge in [0.15, 0.2) is 17.3 Å². The summed E-state index contributed by atoms with van der Waals surface area (Å²) in [6, 6.07) is 21.9. The van der Waals surface area contributed by atoms with Crippen molar-refractivity contribution in [2.75, 3.05) is 24.9 Å². The number of ketones is 1. The second kappa shape index (κ2) is 8.94. The van der Waals surface area contributed by atoms with Gasteiger partial charge < -0.3 is 20.1 Å². The van der Waals surface area contributed by atoms with Crippen LogP contribution >= 0.6 is 15.9 Å². The highest BCUT2D eigenvalue weighted by atomic mass is 79.9. The van der Waals surface area contributed by atoms with E-state index < -0.39 is 0 Å². The van der Waals surface area contributed by atoms with Gasteiger partial charge in [0, 0.05) is 22.2 Å². The topological polar surface area (TPSA) is 59.6 Å². The van der Waals surface area contributed by atoms with Crippen molar-refractivity contribution < 1.29 is 14.3 Å². The van der Waals surface area contributed by atoms with Crippen molar-refractivity contribution in [3.63, 3.8) is 0 Å². The lowest BCUT2D eigenvalue weighted by atomic mass is 9.78. The molecule has 168 valence electrons. The highest BCUT2D eigenvalue weighted by molar-refractivity contribution is 9.10. The van der Waals surface area contributed by atoms with Gasteiger partial charge in [-0.15, -0.1) is 0 Å². The van der Waals surface area contributed by atoms with Crippen molar-refractivity contribution >= 4 is 33.1 Å². The van der Waals surface area contributed by atoms with Crippen LogP contribution in [-0.2, 0) is 4.79 Å². The Kier molecular flexibility index (Phi) is 5.85. The molecular formula is C27H25BrN2O3. The third-order valence-electron chi connectivity index (χ3n) is 6.37. The van der Waals surface area contributed by atoms with Crippen LogP contribution in [0.15, 0.2) is 82.5 Å². The van der Waals surface area contributed by atoms with E-state index in [1.165, 1.54) is 0 Å². The molecule has 3 aromatic carbocycles. The van der Waals surface area contributed by atoms with Crippen molar-refractivity contribution in [2.24, 2.45) is 0 Å². The van der Waals surface area contributed by atoms with E-state index in [1.54, 1.807) is 14.2 Å². The first-order valence-electron chi connectivity index (χ1n) is 10.9. The molecule has 0 spiro atoms. The zero-order chi connectivity index (χ0) is 22.9. The van der Waals surface area contributed by atoms with Crippen LogP contribution in [0, 0.1) is 0 Å². The fourth-order valence-corrected chi connectivity index (χ4v) is 5.19. The number of halogens is 1. The zero-order valence-corrected chi connectivity index (χ0v) is 20.1. The Labute approximate surface area is 201 Å². The summed E-state index contributed by atoms with van der Waals surface area (Å²) in [5, 5.41) is 7.21. The van der Waals surface area contributed by atoms with Gasteiger partial charge in [-0.25, -0.2) is 0 Å². The van der Waals surface area contributed by atoms with Crippen LogP contribution < -0.4 is 20.1 Å². The van der Waals surface area contributed by atoms with Gasteiger partial charge in [-0.1, -0.05) is 46.3 Å². The summed E-state index contributed by atoms with van der Waals surface area (Å²) in [6.07, 6.45) is 1.18. The average Bonchev–Trinajstić information content (AvgIpc) is 3.00. The molecule has 1 aliphatic heterocycles. The number of anilines is 2. The summed E-state index contributed by atoms with van der Waals surface area (Å²) < 4.78 is 11.9.